The smallest absolute Gasteiger partial charge is 0.222 e. The molecule has 0 atom stereocenters. The van der Waals surface area contributed by atoms with Crippen molar-refractivity contribution in [2.24, 2.45) is 0 Å². The van der Waals surface area contributed by atoms with Crippen molar-refractivity contribution >= 4 is 21.9 Å². The van der Waals surface area contributed by atoms with E-state index in [4.69, 9.17) is 0 Å². The van der Waals surface area contributed by atoms with Crippen molar-refractivity contribution in [3.05, 3.63) is 52.3 Å². The molecule has 20 heavy (non-hydrogen) atoms. The summed E-state index contributed by atoms with van der Waals surface area (Å²) < 4.78 is 0.899. The van der Waals surface area contributed by atoms with Crippen LogP contribution in [0.15, 0.2) is 41.1 Å². The topological polar surface area (TPSA) is 41.1 Å². The Kier molecular flexibility index (Phi) is 4.28. The summed E-state index contributed by atoms with van der Waals surface area (Å²) in [5.41, 5.74) is 2.95. The fourth-order valence-corrected chi connectivity index (χ4v) is 2.68. The SMILES string of the molecule is Brc1cnc(NCCN2CCc3ccccc3C2)nc1. The van der Waals surface area contributed by atoms with Crippen molar-refractivity contribution in [3.63, 3.8) is 0 Å². The van der Waals surface area contributed by atoms with Gasteiger partial charge in [0, 0.05) is 38.6 Å². The molecule has 1 aliphatic rings. The number of nitrogens with one attached hydrogen (secondary N) is 1. The standard InChI is InChI=1S/C15H17BrN4/c16-14-9-18-15(19-10-14)17-6-8-20-7-5-12-3-1-2-4-13(12)11-20/h1-4,9-10H,5-8,11H2,(H,17,18,19). The summed E-state index contributed by atoms with van der Waals surface area (Å²) in [6, 6.07) is 8.71. The van der Waals surface area contributed by atoms with Gasteiger partial charge in [0.05, 0.1) is 4.47 Å². The van der Waals surface area contributed by atoms with E-state index in [9.17, 15) is 0 Å². The van der Waals surface area contributed by atoms with Crippen LogP contribution in [0.4, 0.5) is 5.95 Å². The van der Waals surface area contributed by atoms with Crippen molar-refractivity contribution in [2.45, 2.75) is 13.0 Å². The highest BCUT2D eigenvalue weighted by Gasteiger charge is 2.14. The normalized spacial score (nSPS) is 14.8. The van der Waals surface area contributed by atoms with Gasteiger partial charge in [0.15, 0.2) is 0 Å². The number of rotatable bonds is 4. The van der Waals surface area contributed by atoms with Crippen LogP contribution in [0.1, 0.15) is 11.1 Å². The predicted molar refractivity (Wildman–Crippen MR) is 83.6 cm³/mol. The molecule has 104 valence electrons. The molecule has 0 saturated carbocycles. The van der Waals surface area contributed by atoms with Crippen LogP contribution < -0.4 is 5.32 Å². The molecule has 5 heteroatoms. The van der Waals surface area contributed by atoms with E-state index in [1.54, 1.807) is 12.4 Å². The van der Waals surface area contributed by atoms with Crippen molar-refractivity contribution in [3.8, 4) is 0 Å². The van der Waals surface area contributed by atoms with Crippen LogP contribution >= 0.6 is 15.9 Å². The van der Waals surface area contributed by atoms with Gasteiger partial charge < -0.3 is 5.32 Å². The maximum atomic E-state index is 4.21. The number of halogens is 1. The minimum Gasteiger partial charge on any atom is -0.353 e. The Labute approximate surface area is 127 Å². The van der Waals surface area contributed by atoms with Crippen molar-refractivity contribution < 1.29 is 0 Å². The molecule has 0 unspecified atom stereocenters. The van der Waals surface area contributed by atoms with E-state index in [1.807, 2.05) is 0 Å². The van der Waals surface area contributed by atoms with E-state index >= 15 is 0 Å². The number of fused-ring (bicyclic) bond motifs is 1. The molecule has 0 radical (unpaired) electrons. The molecule has 0 amide bonds. The van der Waals surface area contributed by atoms with E-state index in [0.717, 1.165) is 37.1 Å². The zero-order chi connectivity index (χ0) is 13.8. The number of aromatic nitrogens is 2. The molecular formula is C15H17BrN4. The number of anilines is 1. The van der Waals surface area contributed by atoms with Crippen molar-refractivity contribution in [1.29, 1.82) is 0 Å². The van der Waals surface area contributed by atoms with Crippen molar-refractivity contribution in [1.82, 2.24) is 14.9 Å². The van der Waals surface area contributed by atoms with Crippen LogP contribution in [0.5, 0.6) is 0 Å². The van der Waals surface area contributed by atoms with Crippen LogP contribution in [0, 0.1) is 0 Å². The zero-order valence-electron chi connectivity index (χ0n) is 11.2. The maximum Gasteiger partial charge on any atom is 0.222 e. The molecule has 1 aromatic carbocycles. The van der Waals surface area contributed by atoms with E-state index < -0.39 is 0 Å². The predicted octanol–water partition coefficient (Wildman–Crippen LogP) is 2.71. The molecule has 3 rings (SSSR count). The van der Waals surface area contributed by atoms with Crippen LogP contribution in [0.2, 0.25) is 0 Å². The lowest BCUT2D eigenvalue weighted by Gasteiger charge is -2.28. The van der Waals surface area contributed by atoms with Crippen molar-refractivity contribution in [2.75, 3.05) is 25.0 Å². The minimum atomic E-state index is 0.686. The number of hydrogen-bond acceptors (Lipinski definition) is 4. The lowest BCUT2D eigenvalue weighted by atomic mass is 10.00. The zero-order valence-corrected chi connectivity index (χ0v) is 12.8. The first-order valence-corrected chi connectivity index (χ1v) is 7.61. The molecule has 4 nitrogen and oxygen atoms in total. The summed E-state index contributed by atoms with van der Waals surface area (Å²) in [7, 11) is 0. The van der Waals surface area contributed by atoms with Crippen LogP contribution in [-0.4, -0.2) is 34.5 Å². The minimum absolute atomic E-state index is 0.686. The molecule has 1 N–H and O–H groups in total. The van der Waals surface area contributed by atoms with Gasteiger partial charge in [-0.05, 0) is 33.5 Å². The van der Waals surface area contributed by atoms with Gasteiger partial charge in [0.2, 0.25) is 5.95 Å². The third-order valence-electron chi connectivity index (χ3n) is 3.54. The summed E-state index contributed by atoms with van der Waals surface area (Å²) in [6.07, 6.45) is 4.66. The molecule has 2 aromatic rings. The molecule has 0 aliphatic carbocycles. The second-order valence-corrected chi connectivity index (χ2v) is 5.86. The summed E-state index contributed by atoms with van der Waals surface area (Å²) in [4.78, 5) is 10.9. The largest absolute Gasteiger partial charge is 0.353 e. The van der Waals surface area contributed by atoms with E-state index in [-0.39, 0.29) is 0 Å². The highest BCUT2D eigenvalue weighted by molar-refractivity contribution is 9.10. The first kappa shape index (κ1) is 13.5. The van der Waals surface area contributed by atoms with Crippen LogP contribution in [0.3, 0.4) is 0 Å². The molecule has 2 heterocycles. The Hall–Kier alpha value is -1.46. The number of hydrogen-bond donors (Lipinski definition) is 1. The molecule has 0 spiro atoms. The molecule has 0 fully saturated rings. The molecule has 1 aliphatic heterocycles. The number of nitrogens with zero attached hydrogens (tertiary/aromatic N) is 3. The van der Waals surface area contributed by atoms with Gasteiger partial charge in [0.1, 0.15) is 0 Å². The maximum absolute atomic E-state index is 4.21. The quantitative estimate of drug-likeness (QED) is 0.934. The summed E-state index contributed by atoms with van der Waals surface area (Å²) in [6.45, 7) is 4.04. The van der Waals surface area contributed by atoms with E-state index in [0.29, 0.717) is 5.95 Å². The van der Waals surface area contributed by atoms with Crippen LogP contribution in [0.25, 0.3) is 0 Å². The Morgan fingerprint density at radius 1 is 1.15 bits per heavy atom. The number of benzene rings is 1. The fourth-order valence-electron chi connectivity index (χ4n) is 2.47. The van der Waals surface area contributed by atoms with Gasteiger partial charge in [-0.25, -0.2) is 9.97 Å². The van der Waals surface area contributed by atoms with Gasteiger partial charge in [-0.1, -0.05) is 24.3 Å². The molecule has 0 saturated heterocycles. The van der Waals surface area contributed by atoms with E-state index in [1.165, 1.54) is 11.1 Å². The molecule has 1 aromatic heterocycles. The second-order valence-electron chi connectivity index (χ2n) is 4.95. The molecule has 0 bridgehead atoms. The third kappa shape index (κ3) is 3.35. The Morgan fingerprint density at radius 3 is 2.70 bits per heavy atom. The Balaban J connectivity index is 1.49. The lowest BCUT2D eigenvalue weighted by molar-refractivity contribution is 0.264. The molecular weight excluding hydrogens is 316 g/mol. The Morgan fingerprint density at radius 2 is 1.90 bits per heavy atom. The van der Waals surface area contributed by atoms with Gasteiger partial charge in [-0.15, -0.1) is 0 Å². The highest BCUT2D eigenvalue weighted by atomic mass is 79.9. The first-order chi connectivity index (χ1) is 9.81. The summed E-state index contributed by atoms with van der Waals surface area (Å²) in [5.74, 6) is 0.686. The third-order valence-corrected chi connectivity index (χ3v) is 3.95. The monoisotopic (exact) mass is 332 g/mol. The van der Waals surface area contributed by atoms with Gasteiger partial charge in [-0.3, -0.25) is 4.90 Å². The average Bonchev–Trinajstić information content (AvgIpc) is 2.49. The van der Waals surface area contributed by atoms with E-state index in [2.05, 4.69) is 60.4 Å². The summed E-state index contributed by atoms with van der Waals surface area (Å²) in [5, 5.41) is 3.26. The lowest BCUT2D eigenvalue weighted by Crippen LogP contribution is -2.34. The van der Waals surface area contributed by atoms with Gasteiger partial charge in [-0.2, -0.15) is 0 Å². The summed E-state index contributed by atoms with van der Waals surface area (Å²) >= 11 is 3.33. The van der Waals surface area contributed by atoms with Gasteiger partial charge in [0.25, 0.3) is 0 Å². The second kappa shape index (κ2) is 6.33. The Bertz CT molecular complexity index is 570. The average molecular weight is 333 g/mol. The van der Waals surface area contributed by atoms with Gasteiger partial charge >= 0.3 is 0 Å². The fraction of sp³-hybridized carbons (Fsp3) is 0.333. The van der Waals surface area contributed by atoms with Crippen LogP contribution in [-0.2, 0) is 13.0 Å². The first-order valence-electron chi connectivity index (χ1n) is 6.82. The highest BCUT2D eigenvalue weighted by Crippen LogP contribution is 2.17.